The van der Waals surface area contributed by atoms with Gasteiger partial charge < -0.3 is 50.4 Å². The fourth-order valence-electron chi connectivity index (χ4n) is 1.96. The summed E-state index contributed by atoms with van der Waals surface area (Å²) in [5.74, 6) is 0.510. The summed E-state index contributed by atoms with van der Waals surface area (Å²) < 4.78 is 1.31. The summed E-state index contributed by atoms with van der Waals surface area (Å²) in [6, 6.07) is 27.3. The van der Waals surface area contributed by atoms with Crippen molar-refractivity contribution in [1.82, 2.24) is 0 Å². The molecule has 1 unspecified atom stereocenters. The minimum absolute atomic E-state index is 0. The molecule has 20 heavy (non-hydrogen) atoms. The third kappa shape index (κ3) is 5.28. The molecule has 0 aromatic heterocycles. The van der Waals surface area contributed by atoms with E-state index in [1.807, 2.05) is 12.1 Å². The van der Waals surface area contributed by atoms with Crippen molar-refractivity contribution in [3.8, 4) is 0 Å². The molecule has 0 heterocycles. The van der Waals surface area contributed by atoms with E-state index in [0.717, 1.165) is 0 Å². The van der Waals surface area contributed by atoms with Gasteiger partial charge in [-0.3, -0.25) is 0 Å². The Hall–Kier alpha value is -0.831. The molecular formula is C18H17FeI-6. The molecule has 0 saturated carbocycles. The van der Waals surface area contributed by atoms with E-state index in [2.05, 4.69) is 96.2 Å². The number of hydrogen-bond acceptors (Lipinski definition) is 0. The molecule has 0 fully saturated rings. The Bertz CT molecular complexity index is 553. The number of benzene rings is 1. The van der Waals surface area contributed by atoms with Crippen LogP contribution in [0.25, 0.3) is 0 Å². The molecule has 0 spiro atoms. The summed E-state index contributed by atoms with van der Waals surface area (Å²) in [6.45, 7) is 2.24. The first-order valence-corrected chi connectivity index (χ1v) is 7.49. The minimum Gasteiger partial charge on any atom is -0.747 e. The zero-order valence-electron chi connectivity index (χ0n) is 11.3. The predicted molar refractivity (Wildman–Crippen MR) is 90.7 cm³/mol. The van der Waals surface area contributed by atoms with Crippen LogP contribution in [0.5, 0.6) is 0 Å². The van der Waals surface area contributed by atoms with Crippen molar-refractivity contribution in [3.05, 3.63) is 93.6 Å². The van der Waals surface area contributed by atoms with Gasteiger partial charge in [0.15, 0.2) is 0 Å². The summed E-state index contributed by atoms with van der Waals surface area (Å²) in [4.78, 5) is 0. The van der Waals surface area contributed by atoms with Gasteiger partial charge in [-0.15, -0.1) is 0 Å². The van der Waals surface area contributed by atoms with Gasteiger partial charge >= 0.3 is 0 Å². The van der Waals surface area contributed by atoms with Gasteiger partial charge in [-0.25, -0.2) is 12.1 Å². The molecule has 2 heteroatoms. The maximum Gasteiger partial charge on any atom is 0 e. The Labute approximate surface area is 145 Å². The molecular weight excluding hydrogens is 399 g/mol. The summed E-state index contributed by atoms with van der Waals surface area (Å²) in [5, 5.41) is 0. The van der Waals surface area contributed by atoms with Crippen LogP contribution < -0.4 is 0 Å². The molecule has 0 radical (unpaired) electrons. The van der Waals surface area contributed by atoms with E-state index in [0.29, 0.717) is 5.92 Å². The largest absolute Gasteiger partial charge is 0.747 e. The minimum atomic E-state index is 0. The van der Waals surface area contributed by atoms with Crippen molar-refractivity contribution < 1.29 is 17.1 Å². The first kappa shape index (κ1) is 17.2. The van der Waals surface area contributed by atoms with Crippen molar-refractivity contribution in [2.24, 2.45) is 0 Å². The number of halogens is 1. The first-order chi connectivity index (χ1) is 9.27. The van der Waals surface area contributed by atoms with Crippen LogP contribution in [0.1, 0.15) is 24.0 Å². The maximum atomic E-state index is 2.28. The smallest absolute Gasteiger partial charge is 0 e. The summed E-state index contributed by atoms with van der Waals surface area (Å²) in [5.41, 5.74) is 2.78. The average Bonchev–Trinajstić information content (AvgIpc) is 3.12. The van der Waals surface area contributed by atoms with E-state index in [1.165, 1.54) is 14.7 Å². The monoisotopic (exact) mass is 416 g/mol. The number of rotatable bonds is 2. The van der Waals surface area contributed by atoms with Crippen molar-refractivity contribution >= 4 is 22.6 Å². The standard InChI is InChI=1S/C13H13.C5H4I.Fe/c1-11(13-9-5-6-10-13)12-7-3-2-4-8-12;6-5-3-1-2-4-5;/h2-11H,1H3;1-4H;/q-1;-5;. The second-order valence-electron chi connectivity index (χ2n) is 4.45. The predicted octanol–water partition coefficient (Wildman–Crippen LogP) is 5.56. The zero-order chi connectivity index (χ0) is 13.5. The zero-order valence-corrected chi connectivity index (χ0v) is 14.6. The molecule has 0 bridgehead atoms. The van der Waals surface area contributed by atoms with Gasteiger partial charge in [0.25, 0.3) is 0 Å². The van der Waals surface area contributed by atoms with E-state index in [9.17, 15) is 0 Å². The van der Waals surface area contributed by atoms with Crippen LogP contribution >= 0.6 is 22.6 Å². The van der Waals surface area contributed by atoms with Crippen LogP contribution in [0.3, 0.4) is 0 Å². The Kier molecular flexibility index (Phi) is 7.90. The van der Waals surface area contributed by atoms with Gasteiger partial charge in [0, 0.05) is 17.1 Å². The molecule has 0 aliphatic rings. The second-order valence-corrected chi connectivity index (χ2v) is 5.70. The molecule has 0 nitrogen and oxygen atoms in total. The number of hydrogen-bond donors (Lipinski definition) is 0. The molecule has 3 aromatic carbocycles. The Balaban J connectivity index is 0.000000243. The molecule has 0 aliphatic carbocycles. The van der Waals surface area contributed by atoms with Gasteiger partial charge in [0.1, 0.15) is 0 Å². The third-order valence-electron chi connectivity index (χ3n) is 3.11. The van der Waals surface area contributed by atoms with E-state index in [4.69, 9.17) is 0 Å². The van der Waals surface area contributed by atoms with E-state index in [-0.39, 0.29) is 17.1 Å². The Morgan fingerprint density at radius 2 is 1.50 bits per heavy atom. The first-order valence-electron chi connectivity index (χ1n) is 6.41. The van der Waals surface area contributed by atoms with Gasteiger partial charge in [-0.2, -0.15) is 17.7 Å². The molecule has 110 valence electrons. The van der Waals surface area contributed by atoms with E-state index >= 15 is 0 Å². The van der Waals surface area contributed by atoms with Crippen LogP contribution in [0.4, 0.5) is 0 Å². The molecule has 0 N–H and O–H groups in total. The second kappa shape index (κ2) is 9.17. The molecule has 3 aromatic rings. The molecule has 1 atom stereocenters. The van der Waals surface area contributed by atoms with Gasteiger partial charge in [0.2, 0.25) is 0 Å². The van der Waals surface area contributed by atoms with Crippen molar-refractivity contribution in [2.75, 3.05) is 0 Å². The maximum absolute atomic E-state index is 2.28. The summed E-state index contributed by atoms with van der Waals surface area (Å²) >= 11 is 2.28. The summed E-state index contributed by atoms with van der Waals surface area (Å²) in [6.07, 6.45) is 0. The quantitative estimate of drug-likeness (QED) is 0.292. The van der Waals surface area contributed by atoms with Crippen molar-refractivity contribution in [1.29, 1.82) is 0 Å². The fraction of sp³-hybridized carbons (Fsp3) is 0.111. The van der Waals surface area contributed by atoms with Crippen LogP contribution in [0.15, 0.2) is 78.9 Å². The third-order valence-corrected chi connectivity index (χ3v) is 3.83. The van der Waals surface area contributed by atoms with Crippen LogP contribution in [0, 0.1) is 3.57 Å². The molecule has 0 aliphatic heterocycles. The van der Waals surface area contributed by atoms with Gasteiger partial charge in [0.05, 0.1) is 0 Å². The van der Waals surface area contributed by atoms with Crippen LogP contribution in [0.2, 0.25) is 0 Å². The molecule has 0 saturated heterocycles. The van der Waals surface area contributed by atoms with Crippen LogP contribution in [-0.4, -0.2) is 0 Å². The van der Waals surface area contributed by atoms with Crippen molar-refractivity contribution in [3.63, 3.8) is 0 Å². The van der Waals surface area contributed by atoms with Gasteiger partial charge in [-0.1, -0.05) is 42.8 Å². The van der Waals surface area contributed by atoms with E-state index in [1.54, 1.807) is 0 Å². The normalized spacial score (nSPS) is 10.9. The topological polar surface area (TPSA) is 0 Å². The fourth-order valence-corrected chi connectivity index (χ4v) is 2.38. The molecule has 3 rings (SSSR count). The van der Waals surface area contributed by atoms with Gasteiger partial charge in [-0.05, 0) is 5.92 Å². The SMILES string of the molecule is CC(c1ccccc1)[c-]1cccc1.I[c-]1[cH-][cH-][cH-][cH-]1.[Fe]. The summed E-state index contributed by atoms with van der Waals surface area (Å²) in [7, 11) is 0. The Morgan fingerprint density at radius 3 is 1.95 bits per heavy atom. The van der Waals surface area contributed by atoms with Crippen LogP contribution in [-0.2, 0) is 17.1 Å². The average molecular weight is 416 g/mol. The molecule has 0 amide bonds. The Morgan fingerprint density at radius 1 is 0.950 bits per heavy atom. The van der Waals surface area contributed by atoms with E-state index < -0.39 is 0 Å². The van der Waals surface area contributed by atoms with Crippen molar-refractivity contribution in [2.45, 2.75) is 12.8 Å².